The van der Waals surface area contributed by atoms with Gasteiger partial charge in [-0.2, -0.15) is 0 Å². The van der Waals surface area contributed by atoms with Crippen molar-refractivity contribution in [2.75, 3.05) is 27.2 Å². The summed E-state index contributed by atoms with van der Waals surface area (Å²) >= 11 is 1.17. The van der Waals surface area contributed by atoms with Gasteiger partial charge < -0.3 is 8.78 Å². The molecular weight excluding hydrogens is 163 g/mol. The second-order valence-corrected chi connectivity index (χ2v) is 5.83. The fourth-order valence-corrected chi connectivity index (χ4v) is 1.28. The molecule has 3 heteroatoms. The zero-order valence-corrected chi connectivity index (χ0v) is 11.5. The molecule has 0 spiro atoms. The van der Waals surface area contributed by atoms with E-state index < -0.39 is 0 Å². The maximum Gasteiger partial charge on any atom is 0.322 e. The minimum atomic E-state index is 0.374. The van der Waals surface area contributed by atoms with Gasteiger partial charge in [0.05, 0.1) is 0 Å². The smallest absolute Gasteiger partial charge is 0.322 e. The zero-order chi connectivity index (χ0) is 9.78. The standard InChI is InChI=1S/C9H21N2.Al.2H/c1-9(2,3)10-7-6-8-11(4)5;;;/h6-8H2,1-5H3;;;/q-1;+1;;. The van der Waals surface area contributed by atoms with Crippen molar-refractivity contribution in [2.24, 2.45) is 0 Å². The van der Waals surface area contributed by atoms with Crippen molar-refractivity contribution in [3.63, 3.8) is 0 Å². The van der Waals surface area contributed by atoms with E-state index in [4.69, 9.17) is 0 Å². The highest BCUT2D eigenvalue weighted by Gasteiger charge is 2.14. The molecule has 0 saturated carbocycles. The van der Waals surface area contributed by atoms with Crippen LogP contribution in [0.5, 0.6) is 0 Å². The lowest BCUT2D eigenvalue weighted by molar-refractivity contribution is 0.246. The molecule has 0 aliphatic rings. The van der Waals surface area contributed by atoms with E-state index in [0.29, 0.717) is 5.54 Å². The van der Waals surface area contributed by atoms with Crippen molar-refractivity contribution in [2.45, 2.75) is 32.7 Å². The molecule has 0 rings (SSSR count). The summed E-state index contributed by atoms with van der Waals surface area (Å²) < 4.78 is 2.54. The molecule has 0 aromatic heterocycles. The average Bonchev–Trinajstić information content (AvgIpc) is 1.84. The third kappa shape index (κ3) is 6.02. The van der Waals surface area contributed by atoms with Crippen LogP contribution in [0, 0.1) is 0 Å². The Morgan fingerprint density at radius 2 is 1.58 bits per heavy atom. The first kappa shape index (κ1) is 12.5. The molecule has 0 bridgehead atoms. The lowest BCUT2D eigenvalue weighted by atomic mass is 10.1. The van der Waals surface area contributed by atoms with E-state index in [9.17, 15) is 0 Å². The SMILES string of the molecule is CN(C)CCC[N]([AlH2])C(C)(C)C. The van der Waals surface area contributed by atoms with Crippen LogP contribution in [0.4, 0.5) is 0 Å². The van der Waals surface area contributed by atoms with E-state index in [0.717, 1.165) is 0 Å². The number of hydrogen-bond acceptors (Lipinski definition) is 2. The highest BCUT2D eigenvalue weighted by molar-refractivity contribution is 6.04. The maximum atomic E-state index is 2.54. The molecule has 0 N–H and O–H groups in total. The second-order valence-electron chi connectivity index (χ2n) is 4.75. The Balaban J connectivity index is 3.51. The van der Waals surface area contributed by atoms with Gasteiger partial charge in [0.25, 0.3) is 0 Å². The van der Waals surface area contributed by atoms with Crippen molar-refractivity contribution in [1.29, 1.82) is 0 Å². The predicted molar refractivity (Wildman–Crippen MR) is 58.2 cm³/mol. The Labute approximate surface area is 85.6 Å². The van der Waals surface area contributed by atoms with Crippen LogP contribution in [0.25, 0.3) is 0 Å². The molecule has 0 amide bonds. The minimum absolute atomic E-state index is 0.374. The van der Waals surface area contributed by atoms with Crippen LogP contribution in [0.2, 0.25) is 0 Å². The number of rotatable bonds is 4. The number of nitrogens with zero attached hydrogens (tertiary/aromatic N) is 2. The van der Waals surface area contributed by atoms with Gasteiger partial charge in [-0.05, 0) is 59.9 Å². The molecule has 2 nitrogen and oxygen atoms in total. The first-order valence-electron chi connectivity index (χ1n) is 4.70. The Hall–Kier alpha value is 0.452. The molecule has 0 fully saturated rings. The summed E-state index contributed by atoms with van der Waals surface area (Å²) in [4.78, 5) is 2.25. The van der Waals surface area contributed by atoms with Gasteiger partial charge in [0.2, 0.25) is 0 Å². The van der Waals surface area contributed by atoms with Gasteiger partial charge in [-0.15, -0.1) is 0 Å². The Morgan fingerprint density at radius 1 is 1.08 bits per heavy atom. The van der Waals surface area contributed by atoms with E-state index >= 15 is 0 Å². The topological polar surface area (TPSA) is 6.48 Å². The molecule has 0 aliphatic heterocycles. The first-order valence-corrected chi connectivity index (χ1v) is 5.59. The highest BCUT2D eigenvalue weighted by atomic mass is 27.1. The molecule has 0 atom stereocenters. The fraction of sp³-hybridized carbons (Fsp3) is 1.00. The van der Waals surface area contributed by atoms with Crippen molar-refractivity contribution in [3.8, 4) is 0 Å². The van der Waals surface area contributed by atoms with E-state index in [2.05, 4.69) is 43.6 Å². The van der Waals surface area contributed by atoms with Crippen LogP contribution in [0.1, 0.15) is 27.2 Å². The third-order valence-corrected chi connectivity index (χ3v) is 4.03. The summed E-state index contributed by atoms with van der Waals surface area (Å²) in [6.45, 7) is 9.31. The lowest BCUT2D eigenvalue weighted by Gasteiger charge is -2.33. The van der Waals surface area contributed by atoms with Gasteiger partial charge in [0, 0.05) is 0 Å². The summed E-state index contributed by atoms with van der Waals surface area (Å²) in [6.07, 6.45) is 1.29. The molecular formula is C9H23AlN2. The normalized spacial score (nSPS) is 12.9. The van der Waals surface area contributed by atoms with Crippen molar-refractivity contribution in [1.82, 2.24) is 8.78 Å². The van der Waals surface area contributed by atoms with E-state index in [-0.39, 0.29) is 0 Å². The van der Waals surface area contributed by atoms with Crippen molar-refractivity contribution >= 4 is 16.5 Å². The fourth-order valence-electron chi connectivity index (χ4n) is 0.960. The Kier molecular flexibility index (Phi) is 5.44. The van der Waals surface area contributed by atoms with Gasteiger partial charge >= 0.3 is 16.5 Å². The van der Waals surface area contributed by atoms with E-state index in [1.54, 1.807) is 0 Å². The molecule has 0 saturated heterocycles. The van der Waals surface area contributed by atoms with Crippen LogP contribution in [0.3, 0.4) is 0 Å². The Morgan fingerprint density at radius 3 is 1.92 bits per heavy atom. The predicted octanol–water partition coefficient (Wildman–Crippen LogP) is 0.587. The summed E-state index contributed by atoms with van der Waals surface area (Å²) in [5, 5.41) is 0. The minimum Gasteiger partial charge on any atom is -0.386 e. The van der Waals surface area contributed by atoms with E-state index in [1.807, 2.05) is 0 Å². The van der Waals surface area contributed by atoms with Gasteiger partial charge in [-0.3, -0.25) is 0 Å². The van der Waals surface area contributed by atoms with Crippen molar-refractivity contribution < 1.29 is 0 Å². The van der Waals surface area contributed by atoms with Crippen LogP contribution >= 0.6 is 0 Å². The molecule has 0 unspecified atom stereocenters. The molecule has 0 radical (unpaired) electrons. The highest BCUT2D eigenvalue weighted by Crippen LogP contribution is 2.09. The molecule has 12 heavy (non-hydrogen) atoms. The van der Waals surface area contributed by atoms with Gasteiger partial charge in [-0.25, -0.2) is 0 Å². The molecule has 72 valence electrons. The molecule has 0 aliphatic carbocycles. The van der Waals surface area contributed by atoms with Crippen LogP contribution in [-0.4, -0.2) is 58.0 Å². The number of hydrogen-bond donors (Lipinski definition) is 0. The molecule has 0 heterocycles. The summed E-state index contributed by atoms with van der Waals surface area (Å²) in [6, 6.07) is 0. The maximum absolute atomic E-state index is 2.54. The van der Waals surface area contributed by atoms with E-state index in [1.165, 1.54) is 36.0 Å². The Bertz CT molecular complexity index is 118. The van der Waals surface area contributed by atoms with Crippen molar-refractivity contribution in [3.05, 3.63) is 0 Å². The summed E-state index contributed by atoms with van der Waals surface area (Å²) in [5.41, 5.74) is 0.374. The van der Waals surface area contributed by atoms with Gasteiger partial charge in [0.1, 0.15) is 0 Å². The summed E-state index contributed by atoms with van der Waals surface area (Å²) in [7, 11) is 4.27. The first-order chi connectivity index (χ1) is 5.34. The van der Waals surface area contributed by atoms with Gasteiger partial charge in [0.15, 0.2) is 0 Å². The zero-order valence-electron chi connectivity index (χ0n) is 9.52. The van der Waals surface area contributed by atoms with Gasteiger partial charge in [-0.1, -0.05) is 0 Å². The molecule has 0 aromatic rings. The monoisotopic (exact) mass is 186 g/mol. The summed E-state index contributed by atoms with van der Waals surface area (Å²) in [5.74, 6) is 0. The van der Waals surface area contributed by atoms with Crippen LogP contribution in [-0.2, 0) is 0 Å². The van der Waals surface area contributed by atoms with Crippen LogP contribution in [0.15, 0.2) is 0 Å². The average molecular weight is 186 g/mol. The largest absolute Gasteiger partial charge is 0.386 e. The van der Waals surface area contributed by atoms with Crippen LogP contribution < -0.4 is 0 Å². The molecule has 0 aromatic carbocycles. The lowest BCUT2D eigenvalue weighted by Crippen LogP contribution is -2.40. The second kappa shape index (κ2) is 5.24. The third-order valence-electron chi connectivity index (χ3n) is 2.24. The quantitative estimate of drug-likeness (QED) is 0.593.